The second-order valence-electron chi connectivity index (χ2n) is 7.76. The molecule has 0 aromatic heterocycles. The average Bonchev–Trinajstić information content (AvgIpc) is 3.12. The first-order valence-corrected chi connectivity index (χ1v) is 9.53. The summed E-state index contributed by atoms with van der Waals surface area (Å²) in [6, 6.07) is 19.7. The number of amides is 1. The molecule has 1 amide bonds. The van der Waals surface area contributed by atoms with Crippen molar-refractivity contribution in [1.82, 2.24) is 10.2 Å². The molecule has 0 radical (unpaired) electrons. The van der Waals surface area contributed by atoms with Crippen LogP contribution in [0.3, 0.4) is 0 Å². The van der Waals surface area contributed by atoms with E-state index in [0.717, 1.165) is 37.9 Å². The van der Waals surface area contributed by atoms with E-state index in [0.29, 0.717) is 6.04 Å². The molecule has 4 heteroatoms. The highest BCUT2D eigenvalue weighted by Gasteiger charge is 2.50. The highest BCUT2D eigenvalue weighted by atomic mass is 16.5. The van der Waals surface area contributed by atoms with E-state index in [1.54, 1.807) is 0 Å². The van der Waals surface area contributed by atoms with E-state index >= 15 is 0 Å². The molecule has 0 spiro atoms. The summed E-state index contributed by atoms with van der Waals surface area (Å²) in [5.41, 5.74) is 3.73. The van der Waals surface area contributed by atoms with E-state index in [9.17, 15) is 4.79 Å². The molecule has 2 atom stereocenters. The van der Waals surface area contributed by atoms with Crippen molar-refractivity contribution in [2.75, 3.05) is 19.7 Å². The number of carbonyl (C=O) groups excluding carboxylic acids is 1. The smallest absolute Gasteiger partial charge is 0.246 e. The Labute approximate surface area is 154 Å². The van der Waals surface area contributed by atoms with E-state index in [1.807, 2.05) is 18.2 Å². The second-order valence-corrected chi connectivity index (χ2v) is 7.76. The molecule has 3 aliphatic rings. The van der Waals surface area contributed by atoms with Gasteiger partial charge in [-0.15, -0.1) is 0 Å². The topological polar surface area (TPSA) is 41.6 Å². The van der Waals surface area contributed by atoms with Crippen molar-refractivity contribution in [2.24, 2.45) is 0 Å². The van der Waals surface area contributed by atoms with E-state index in [-0.39, 0.29) is 18.6 Å². The largest absolute Gasteiger partial charge is 0.364 e. The number of ether oxygens (including phenoxy) is 1. The molecule has 0 bridgehead atoms. The molecule has 2 aromatic carbocycles. The van der Waals surface area contributed by atoms with E-state index < -0.39 is 5.54 Å². The normalized spacial score (nSPS) is 29.1. The van der Waals surface area contributed by atoms with E-state index in [4.69, 9.17) is 4.74 Å². The van der Waals surface area contributed by atoms with Crippen molar-refractivity contribution in [2.45, 2.75) is 36.9 Å². The van der Waals surface area contributed by atoms with Crippen molar-refractivity contribution < 1.29 is 9.53 Å². The van der Waals surface area contributed by atoms with Gasteiger partial charge < -0.3 is 10.1 Å². The monoisotopic (exact) mass is 348 g/mol. The van der Waals surface area contributed by atoms with Crippen LogP contribution in [0.15, 0.2) is 54.6 Å². The molecule has 2 heterocycles. The molecule has 0 saturated carbocycles. The van der Waals surface area contributed by atoms with Gasteiger partial charge in [0.05, 0.1) is 11.6 Å². The van der Waals surface area contributed by atoms with Gasteiger partial charge in [-0.25, -0.2) is 0 Å². The lowest BCUT2D eigenvalue weighted by Crippen LogP contribution is -2.67. The standard InChI is InChI=1S/C22H24N2O2/c25-21-15-26-20-14-24(19-12-16-6-4-5-7-17(16)13-19)11-10-22(20,23-21)18-8-2-1-3-9-18/h1-9,19-20H,10-15H2,(H,23,25)/t20-,22+/m1/s1. The molecule has 2 aliphatic heterocycles. The zero-order valence-electron chi connectivity index (χ0n) is 14.9. The lowest BCUT2D eigenvalue weighted by Gasteiger charge is -2.51. The summed E-state index contributed by atoms with van der Waals surface area (Å²) in [6.07, 6.45) is 3.13. The van der Waals surface area contributed by atoms with Crippen molar-refractivity contribution >= 4 is 5.91 Å². The summed E-state index contributed by atoms with van der Waals surface area (Å²) in [5.74, 6) is -0.00757. The van der Waals surface area contributed by atoms with Gasteiger partial charge in [-0.1, -0.05) is 54.6 Å². The quantitative estimate of drug-likeness (QED) is 0.905. The van der Waals surface area contributed by atoms with Gasteiger partial charge in [0.2, 0.25) is 5.91 Å². The Morgan fingerprint density at radius 2 is 1.69 bits per heavy atom. The molecule has 2 aromatic rings. The van der Waals surface area contributed by atoms with Crippen LogP contribution in [0.1, 0.15) is 23.1 Å². The van der Waals surface area contributed by atoms with Crippen LogP contribution < -0.4 is 5.32 Å². The Morgan fingerprint density at radius 3 is 2.42 bits per heavy atom. The van der Waals surface area contributed by atoms with Crippen LogP contribution in [0.2, 0.25) is 0 Å². The molecular weight excluding hydrogens is 324 g/mol. The van der Waals surface area contributed by atoms with Crippen molar-refractivity contribution in [3.05, 3.63) is 71.3 Å². The second kappa shape index (κ2) is 6.22. The van der Waals surface area contributed by atoms with Crippen LogP contribution >= 0.6 is 0 Å². The third-order valence-electron chi connectivity index (χ3n) is 6.36. The Kier molecular flexibility index (Phi) is 3.84. The SMILES string of the molecule is O=C1CO[C@@H]2CN(C3Cc4ccccc4C3)CC[C@@]2(c2ccccc2)N1. The van der Waals surface area contributed by atoms with Crippen LogP contribution in [0.4, 0.5) is 0 Å². The number of nitrogens with one attached hydrogen (secondary N) is 1. The number of rotatable bonds is 2. The summed E-state index contributed by atoms with van der Waals surface area (Å²) in [5, 5.41) is 3.29. The predicted molar refractivity (Wildman–Crippen MR) is 99.8 cm³/mol. The number of morpholine rings is 1. The summed E-state index contributed by atoms with van der Waals surface area (Å²) in [4.78, 5) is 14.7. The van der Waals surface area contributed by atoms with Crippen molar-refractivity contribution in [3.8, 4) is 0 Å². The Bertz CT molecular complexity index is 797. The summed E-state index contributed by atoms with van der Waals surface area (Å²) in [7, 11) is 0. The van der Waals surface area contributed by atoms with Crippen LogP contribution in [0.25, 0.3) is 0 Å². The third-order valence-corrected chi connectivity index (χ3v) is 6.36. The van der Waals surface area contributed by atoms with Gasteiger partial charge in [0.15, 0.2) is 0 Å². The number of piperidine rings is 1. The number of likely N-dealkylation sites (tertiary alicyclic amines) is 1. The number of hydrogen-bond donors (Lipinski definition) is 1. The molecule has 1 N–H and O–H groups in total. The maximum Gasteiger partial charge on any atom is 0.246 e. The minimum Gasteiger partial charge on any atom is -0.364 e. The van der Waals surface area contributed by atoms with Gasteiger partial charge >= 0.3 is 0 Å². The van der Waals surface area contributed by atoms with E-state index in [1.165, 1.54) is 11.1 Å². The summed E-state index contributed by atoms with van der Waals surface area (Å²) < 4.78 is 6.07. The highest BCUT2D eigenvalue weighted by Crippen LogP contribution is 2.39. The van der Waals surface area contributed by atoms with E-state index in [2.05, 4.69) is 46.6 Å². The maximum absolute atomic E-state index is 12.1. The molecule has 2 saturated heterocycles. The summed E-state index contributed by atoms with van der Waals surface area (Å²) >= 11 is 0. The Morgan fingerprint density at radius 1 is 1.00 bits per heavy atom. The molecule has 5 rings (SSSR count). The maximum atomic E-state index is 12.1. The fourth-order valence-electron chi connectivity index (χ4n) is 5.00. The van der Waals surface area contributed by atoms with Gasteiger partial charge in [-0.05, 0) is 36.0 Å². The van der Waals surface area contributed by atoms with Crippen LogP contribution in [0.5, 0.6) is 0 Å². The first kappa shape index (κ1) is 16.0. The summed E-state index contributed by atoms with van der Waals surface area (Å²) in [6.45, 7) is 2.01. The molecule has 0 unspecified atom stereocenters. The zero-order chi connectivity index (χ0) is 17.6. The number of nitrogens with zero attached hydrogens (tertiary/aromatic N) is 1. The molecule has 1 aliphatic carbocycles. The van der Waals surface area contributed by atoms with Gasteiger partial charge in [-0.3, -0.25) is 9.69 Å². The number of carbonyl (C=O) groups is 1. The first-order chi connectivity index (χ1) is 12.7. The molecular formula is C22H24N2O2. The van der Waals surface area contributed by atoms with Gasteiger partial charge in [-0.2, -0.15) is 0 Å². The van der Waals surface area contributed by atoms with Crippen LogP contribution in [0, 0.1) is 0 Å². The fourth-order valence-corrected chi connectivity index (χ4v) is 5.00. The van der Waals surface area contributed by atoms with Gasteiger partial charge in [0.25, 0.3) is 0 Å². The zero-order valence-corrected chi connectivity index (χ0v) is 14.9. The minimum absolute atomic E-state index is 0.0000576. The molecule has 134 valence electrons. The van der Waals surface area contributed by atoms with Gasteiger partial charge in [0.1, 0.15) is 6.61 Å². The lowest BCUT2D eigenvalue weighted by molar-refractivity contribution is -0.153. The molecule has 26 heavy (non-hydrogen) atoms. The highest BCUT2D eigenvalue weighted by molar-refractivity contribution is 5.79. The number of benzene rings is 2. The van der Waals surface area contributed by atoms with Gasteiger partial charge in [0, 0.05) is 19.1 Å². The van der Waals surface area contributed by atoms with Crippen LogP contribution in [-0.4, -0.2) is 42.6 Å². The fraction of sp³-hybridized carbons (Fsp3) is 0.409. The number of hydrogen-bond acceptors (Lipinski definition) is 3. The minimum atomic E-state index is -0.390. The van der Waals surface area contributed by atoms with Crippen molar-refractivity contribution in [1.29, 1.82) is 0 Å². The lowest BCUT2D eigenvalue weighted by atomic mass is 9.77. The Balaban J connectivity index is 1.39. The average molecular weight is 348 g/mol. The third kappa shape index (κ3) is 2.56. The predicted octanol–water partition coefficient (Wildman–Crippen LogP) is 2.27. The van der Waals surface area contributed by atoms with Crippen molar-refractivity contribution in [3.63, 3.8) is 0 Å². The molecule has 4 nitrogen and oxygen atoms in total. The number of fused-ring (bicyclic) bond motifs is 2. The molecule has 2 fully saturated rings. The first-order valence-electron chi connectivity index (χ1n) is 9.53. The van der Waals surface area contributed by atoms with Crippen LogP contribution in [-0.2, 0) is 27.9 Å². The Hall–Kier alpha value is -2.17.